The summed E-state index contributed by atoms with van der Waals surface area (Å²) in [6.45, 7) is 1.93. The van der Waals surface area contributed by atoms with Crippen molar-refractivity contribution in [3.63, 3.8) is 0 Å². The summed E-state index contributed by atoms with van der Waals surface area (Å²) in [6, 6.07) is 7.65. The Morgan fingerprint density at radius 3 is 2.74 bits per heavy atom. The Bertz CT molecular complexity index is 626. The second-order valence-corrected chi connectivity index (χ2v) is 4.04. The highest BCUT2D eigenvalue weighted by molar-refractivity contribution is 5.52. The van der Waals surface area contributed by atoms with Gasteiger partial charge in [0.1, 0.15) is 17.2 Å². The normalized spacial score (nSPS) is 10.0. The molecule has 0 fully saturated rings. The molecule has 1 aromatic carbocycles. The topological polar surface area (TPSA) is 60.1 Å². The summed E-state index contributed by atoms with van der Waals surface area (Å²) in [5, 5.41) is 13.1. The number of methoxy groups -OCH3 is 2. The van der Waals surface area contributed by atoms with Crippen LogP contribution in [0.3, 0.4) is 0 Å². The summed E-state index contributed by atoms with van der Waals surface area (Å²) < 4.78 is 12.3. The maximum Gasteiger partial charge on any atom is 0.144 e. The van der Waals surface area contributed by atoms with Crippen LogP contribution in [0.1, 0.15) is 11.3 Å². The van der Waals surface area contributed by atoms with E-state index in [4.69, 9.17) is 14.7 Å². The highest BCUT2D eigenvalue weighted by atomic mass is 16.5. The van der Waals surface area contributed by atoms with Crippen molar-refractivity contribution < 1.29 is 9.47 Å². The van der Waals surface area contributed by atoms with Gasteiger partial charge in [0.2, 0.25) is 0 Å². The lowest BCUT2D eigenvalue weighted by Gasteiger charge is -2.12. The van der Waals surface area contributed by atoms with Crippen molar-refractivity contribution in [2.75, 3.05) is 14.2 Å². The lowest BCUT2D eigenvalue weighted by Crippen LogP contribution is -2.03. The summed E-state index contributed by atoms with van der Waals surface area (Å²) in [5.74, 6) is 1.43. The molecule has 0 aliphatic heterocycles. The van der Waals surface area contributed by atoms with Crippen molar-refractivity contribution >= 4 is 0 Å². The van der Waals surface area contributed by atoms with E-state index < -0.39 is 0 Å². The van der Waals surface area contributed by atoms with Crippen LogP contribution in [0.15, 0.2) is 24.4 Å². The van der Waals surface area contributed by atoms with E-state index in [0.717, 1.165) is 22.7 Å². The maximum atomic E-state index is 8.78. The number of hydrogen-bond donors (Lipinski definition) is 0. The molecule has 1 heterocycles. The van der Waals surface area contributed by atoms with Crippen LogP contribution in [0.4, 0.5) is 0 Å². The summed E-state index contributed by atoms with van der Waals surface area (Å²) >= 11 is 0. The Labute approximate surface area is 112 Å². The van der Waals surface area contributed by atoms with Gasteiger partial charge < -0.3 is 9.47 Å². The van der Waals surface area contributed by atoms with Crippen LogP contribution in [0.25, 0.3) is 5.69 Å². The van der Waals surface area contributed by atoms with Gasteiger partial charge in [-0.3, -0.25) is 0 Å². The molecule has 98 valence electrons. The van der Waals surface area contributed by atoms with E-state index >= 15 is 0 Å². The van der Waals surface area contributed by atoms with Crippen LogP contribution in [0.2, 0.25) is 0 Å². The molecular formula is C14H15N3O2. The highest BCUT2D eigenvalue weighted by Gasteiger charge is 2.13. The molecule has 0 saturated carbocycles. The smallest absolute Gasteiger partial charge is 0.144 e. The first kappa shape index (κ1) is 13.0. The minimum atomic E-state index is 0.345. The maximum absolute atomic E-state index is 8.78. The Morgan fingerprint density at radius 1 is 1.32 bits per heavy atom. The molecule has 0 aliphatic carbocycles. The molecule has 2 rings (SSSR count). The van der Waals surface area contributed by atoms with Gasteiger partial charge in [0.05, 0.1) is 32.9 Å². The molecule has 5 heteroatoms. The van der Waals surface area contributed by atoms with Crippen LogP contribution in [-0.4, -0.2) is 24.0 Å². The molecular weight excluding hydrogens is 242 g/mol. The third kappa shape index (κ3) is 2.38. The average Bonchev–Trinajstić information content (AvgIpc) is 2.80. The summed E-state index contributed by atoms with van der Waals surface area (Å²) in [6.07, 6.45) is 2.05. The van der Waals surface area contributed by atoms with Crippen molar-refractivity contribution in [1.82, 2.24) is 9.78 Å². The molecule has 0 aliphatic rings. The molecule has 0 unspecified atom stereocenters. The zero-order chi connectivity index (χ0) is 13.8. The molecule has 0 spiro atoms. The van der Waals surface area contributed by atoms with Gasteiger partial charge in [0.25, 0.3) is 0 Å². The average molecular weight is 257 g/mol. The molecule has 5 nitrogen and oxygen atoms in total. The third-order valence-corrected chi connectivity index (χ3v) is 3.00. The van der Waals surface area contributed by atoms with Gasteiger partial charge in [-0.15, -0.1) is 0 Å². The van der Waals surface area contributed by atoms with Gasteiger partial charge in [-0.25, -0.2) is 4.68 Å². The molecule has 0 radical (unpaired) electrons. The predicted molar refractivity (Wildman–Crippen MR) is 70.7 cm³/mol. The molecule has 1 aromatic heterocycles. The second kappa shape index (κ2) is 5.44. The van der Waals surface area contributed by atoms with Gasteiger partial charge in [-0.05, 0) is 19.1 Å². The summed E-state index contributed by atoms with van der Waals surface area (Å²) in [4.78, 5) is 0. The predicted octanol–water partition coefficient (Wildman–Crippen LogP) is 2.26. The molecule has 0 atom stereocenters. The van der Waals surface area contributed by atoms with Crippen molar-refractivity contribution in [2.24, 2.45) is 0 Å². The summed E-state index contributed by atoms with van der Waals surface area (Å²) in [7, 11) is 3.23. The minimum Gasteiger partial charge on any atom is -0.497 e. The number of nitrogens with zero attached hydrogens (tertiary/aromatic N) is 3. The number of hydrogen-bond acceptors (Lipinski definition) is 4. The Hall–Kier alpha value is -2.48. The van der Waals surface area contributed by atoms with Crippen LogP contribution in [0, 0.1) is 18.3 Å². The van der Waals surface area contributed by atoms with Gasteiger partial charge in [-0.1, -0.05) is 0 Å². The molecule has 0 amide bonds. The Kier molecular flexibility index (Phi) is 3.71. The Balaban J connectivity index is 2.54. The molecule has 19 heavy (non-hydrogen) atoms. The molecule has 0 bridgehead atoms. The van der Waals surface area contributed by atoms with E-state index in [2.05, 4.69) is 11.2 Å². The van der Waals surface area contributed by atoms with Crippen molar-refractivity contribution in [2.45, 2.75) is 13.3 Å². The minimum absolute atomic E-state index is 0.345. The Morgan fingerprint density at radius 2 is 2.11 bits per heavy atom. The van der Waals surface area contributed by atoms with E-state index in [1.54, 1.807) is 25.1 Å². The van der Waals surface area contributed by atoms with Crippen molar-refractivity contribution in [1.29, 1.82) is 5.26 Å². The lowest BCUT2D eigenvalue weighted by molar-refractivity contribution is 0.400. The number of rotatable bonds is 4. The standard InChI is InChI=1S/C14H15N3O2/c1-10-11(6-7-15)9-16-17(10)13-8-12(18-2)4-5-14(13)19-3/h4-5,8-9H,6H2,1-3H3. The van der Waals surface area contributed by atoms with Gasteiger partial charge in [0.15, 0.2) is 0 Å². The number of ether oxygens (including phenoxy) is 2. The monoisotopic (exact) mass is 257 g/mol. The summed E-state index contributed by atoms with van der Waals surface area (Å²) in [5.41, 5.74) is 2.63. The van der Waals surface area contributed by atoms with Crippen LogP contribution >= 0.6 is 0 Å². The van der Waals surface area contributed by atoms with E-state index in [1.165, 1.54) is 0 Å². The van der Waals surface area contributed by atoms with E-state index in [0.29, 0.717) is 12.2 Å². The fourth-order valence-electron chi connectivity index (χ4n) is 1.91. The molecule has 2 aromatic rings. The van der Waals surface area contributed by atoms with Gasteiger partial charge in [0, 0.05) is 17.3 Å². The second-order valence-electron chi connectivity index (χ2n) is 4.04. The van der Waals surface area contributed by atoms with Gasteiger partial charge in [-0.2, -0.15) is 10.4 Å². The fourth-order valence-corrected chi connectivity index (χ4v) is 1.91. The number of benzene rings is 1. The van der Waals surface area contributed by atoms with Crippen LogP contribution in [0.5, 0.6) is 11.5 Å². The fraction of sp³-hybridized carbons (Fsp3) is 0.286. The largest absolute Gasteiger partial charge is 0.497 e. The number of nitriles is 1. The molecule has 0 N–H and O–H groups in total. The van der Waals surface area contributed by atoms with E-state index in [-0.39, 0.29) is 0 Å². The third-order valence-electron chi connectivity index (χ3n) is 3.00. The first-order chi connectivity index (χ1) is 9.21. The van der Waals surface area contributed by atoms with Gasteiger partial charge >= 0.3 is 0 Å². The van der Waals surface area contributed by atoms with Crippen molar-refractivity contribution in [3.8, 4) is 23.3 Å². The van der Waals surface area contributed by atoms with E-state index in [9.17, 15) is 0 Å². The van der Waals surface area contributed by atoms with Crippen molar-refractivity contribution in [3.05, 3.63) is 35.7 Å². The SMILES string of the molecule is COc1ccc(OC)c(-n2ncc(CC#N)c2C)c1. The quantitative estimate of drug-likeness (QED) is 0.843. The first-order valence-corrected chi connectivity index (χ1v) is 5.84. The van der Waals surface area contributed by atoms with Crippen LogP contribution < -0.4 is 9.47 Å². The first-order valence-electron chi connectivity index (χ1n) is 5.84. The highest BCUT2D eigenvalue weighted by Crippen LogP contribution is 2.28. The number of aromatic nitrogens is 2. The molecule has 0 saturated heterocycles. The van der Waals surface area contributed by atoms with E-state index in [1.807, 2.05) is 25.1 Å². The lowest BCUT2D eigenvalue weighted by atomic mass is 10.2. The zero-order valence-corrected chi connectivity index (χ0v) is 11.2. The zero-order valence-electron chi connectivity index (χ0n) is 11.2. The van der Waals surface area contributed by atoms with Crippen LogP contribution in [-0.2, 0) is 6.42 Å².